The fraction of sp³-hybridized carbons (Fsp3) is 0.368. The Balaban J connectivity index is 2.63. The van der Waals surface area contributed by atoms with Crippen LogP contribution >= 0.6 is 7.60 Å². The number of rotatable bonds is 7. The Kier molecular flexibility index (Phi) is 6.22. The summed E-state index contributed by atoms with van der Waals surface area (Å²) >= 11 is 0. The van der Waals surface area contributed by atoms with Gasteiger partial charge in [0.15, 0.2) is 0 Å². The van der Waals surface area contributed by atoms with E-state index >= 15 is 0 Å². The lowest BCUT2D eigenvalue weighted by atomic mass is 10.0. The van der Waals surface area contributed by atoms with E-state index < -0.39 is 13.3 Å². The standard InChI is InChI=1S/C19H25O4P/c1-14(2)22-24(21,23-15(3)4)19(16-10-6-5-7-11-16)17-12-8-9-13-18(17)20/h5-15,19-20H,1-4H3. The van der Waals surface area contributed by atoms with Gasteiger partial charge in [0.1, 0.15) is 11.4 Å². The van der Waals surface area contributed by atoms with Gasteiger partial charge in [0, 0.05) is 5.56 Å². The molecule has 24 heavy (non-hydrogen) atoms. The van der Waals surface area contributed by atoms with Gasteiger partial charge in [-0.3, -0.25) is 4.57 Å². The molecule has 0 saturated heterocycles. The van der Waals surface area contributed by atoms with Crippen molar-refractivity contribution in [2.75, 3.05) is 0 Å². The van der Waals surface area contributed by atoms with Crippen molar-refractivity contribution in [3.05, 3.63) is 65.7 Å². The Hall–Kier alpha value is -1.61. The van der Waals surface area contributed by atoms with Crippen molar-refractivity contribution < 1.29 is 18.7 Å². The molecule has 0 fully saturated rings. The zero-order chi connectivity index (χ0) is 17.7. The number of phenolic OH excluding ortho intramolecular Hbond substituents is 1. The van der Waals surface area contributed by atoms with E-state index in [0.29, 0.717) is 5.56 Å². The molecule has 1 atom stereocenters. The average Bonchev–Trinajstić information content (AvgIpc) is 2.48. The predicted molar refractivity (Wildman–Crippen MR) is 96.4 cm³/mol. The Bertz CT molecular complexity index is 684. The smallest absolute Gasteiger partial charge is 0.343 e. The molecule has 0 aromatic heterocycles. The van der Waals surface area contributed by atoms with Gasteiger partial charge < -0.3 is 14.2 Å². The van der Waals surface area contributed by atoms with Crippen LogP contribution < -0.4 is 0 Å². The van der Waals surface area contributed by atoms with Crippen LogP contribution in [-0.2, 0) is 13.6 Å². The van der Waals surface area contributed by atoms with Gasteiger partial charge in [-0.1, -0.05) is 48.5 Å². The summed E-state index contributed by atoms with van der Waals surface area (Å²) in [5.41, 5.74) is 0.627. The first-order chi connectivity index (χ1) is 11.3. The van der Waals surface area contributed by atoms with Crippen LogP contribution in [0.1, 0.15) is 44.5 Å². The number of aromatic hydroxyl groups is 1. The third-order valence-corrected chi connectivity index (χ3v) is 6.02. The van der Waals surface area contributed by atoms with Crippen molar-refractivity contribution in [3.63, 3.8) is 0 Å². The summed E-state index contributed by atoms with van der Waals surface area (Å²) in [6.45, 7) is 7.29. The summed E-state index contributed by atoms with van der Waals surface area (Å²) in [5.74, 6) is 0.0753. The summed E-state index contributed by atoms with van der Waals surface area (Å²) in [6, 6.07) is 16.3. The maximum absolute atomic E-state index is 13.7. The lowest BCUT2D eigenvalue weighted by molar-refractivity contribution is 0.138. The quantitative estimate of drug-likeness (QED) is 0.669. The van der Waals surface area contributed by atoms with Gasteiger partial charge in [0.25, 0.3) is 0 Å². The second-order valence-corrected chi connectivity index (χ2v) is 8.24. The second-order valence-electron chi connectivity index (χ2n) is 6.22. The van der Waals surface area contributed by atoms with Crippen LogP contribution in [0.25, 0.3) is 0 Å². The van der Waals surface area contributed by atoms with E-state index in [1.165, 1.54) is 0 Å². The second kappa shape index (κ2) is 7.98. The van der Waals surface area contributed by atoms with Gasteiger partial charge in [-0.2, -0.15) is 0 Å². The summed E-state index contributed by atoms with van der Waals surface area (Å²) < 4.78 is 25.3. The Morgan fingerprint density at radius 1 is 0.833 bits per heavy atom. The summed E-state index contributed by atoms with van der Waals surface area (Å²) in [4.78, 5) is 0. The molecule has 0 radical (unpaired) electrons. The highest BCUT2D eigenvalue weighted by Gasteiger charge is 2.41. The normalized spacial score (nSPS) is 13.4. The fourth-order valence-corrected chi connectivity index (χ4v) is 5.19. The number of para-hydroxylation sites is 1. The number of hydrogen-bond acceptors (Lipinski definition) is 4. The molecule has 0 saturated carbocycles. The maximum Gasteiger partial charge on any atom is 0.343 e. The Morgan fingerprint density at radius 2 is 1.33 bits per heavy atom. The third-order valence-electron chi connectivity index (χ3n) is 3.38. The molecule has 0 bridgehead atoms. The van der Waals surface area contributed by atoms with Crippen LogP contribution in [-0.4, -0.2) is 17.3 Å². The lowest BCUT2D eigenvalue weighted by Gasteiger charge is -2.30. The predicted octanol–water partition coefficient (Wildman–Crippen LogP) is 5.52. The minimum atomic E-state index is -3.57. The molecule has 0 amide bonds. The minimum absolute atomic E-state index is 0.0753. The molecular formula is C19H25O4P. The molecule has 130 valence electrons. The SMILES string of the molecule is CC(C)OP(=O)(OC(C)C)C(c1ccccc1)c1ccccc1O. The highest BCUT2D eigenvalue weighted by Crippen LogP contribution is 2.65. The highest BCUT2D eigenvalue weighted by atomic mass is 31.2. The molecule has 0 spiro atoms. The fourth-order valence-electron chi connectivity index (χ4n) is 2.62. The summed E-state index contributed by atoms with van der Waals surface area (Å²) in [7, 11) is -3.57. The highest BCUT2D eigenvalue weighted by molar-refractivity contribution is 7.54. The number of hydrogen-bond donors (Lipinski definition) is 1. The van der Waals surface area contributed by atoms with Gasteiger partial charge in [0.05, 0.1) is 12.2 Å². The van der Waals surface area contributed by atoms with Gasteiger partial charge in [0.2, 0.25) is 0 Å². The number of benzene rings is 2. The Labute approximate surface area is 144 Å². The van der Waals surface area contributed by atoms with E-state index in [9.17, 15) is 9.67 Å². The largest absolute Gasteiger partial charge is 0.508 e. The van der Waals surface area contributed by atoms with Crippen LogP contribution in [0.5, 0.6) is 5.75 Å². The Morgan fingerprint density at radius 3 is 1.83 bits per heavy atom. The van der Waals surface area contributed by atoms with Crippen molar-refractivity contribution in [2.45, 2.75) is 45.6 Å². The van der Waals surface area contributed by atoms with Crippen LogP contribution in [0.3, 0.4) is 0 Å². The van der Waals surface area contributed by atoms with Gasteiger partial charge in [-0.25, -0.2) is 0 Å². The van der Waals surface area contributed by atoms with Crippen molar-refractivity contribution in [2.24, 2.45) is 0 Å². The van der Waals surface area contributed by atoms with Crippen molar-refractivity contribution in [1.29, 1.82) is 0 Å². The van der Waals surface area contributed by atoms with Crippen molar-refractivity contribution >= 4 is 7.60 Å². The molecule has 5 heteroatoms. The minimum Gasteiger partial charge on any atom is -0.508 e. The van der Waals surface area contributed by atoms with Gasteiger partial charge in [-0.05, 0) is 39.3 Å². The first-order valence-electron chi connectivity index (χ1n) is 8.13. The third kappa shape index (κ3) is 4.47. The van der Waals surface area contributed by atoms with E-state index in [4.69, 9.17) is 9.05 Å². The summed E-state index contributed by atoms with van der Waals surface area (Å²) in [6.07, 6.45) is -0.543. The molecule has 1 N–H and O–H groups in total. The van der Waals surface area contributed by atoms with Crippen LogP contribution in [0.15, 0.2) is 54.6 Å². The van der Waals surface area contributed by atoms with Crippen molar-refractivity contribution in [1.82, 2.24) is 0 Å². The topological polar surface area (TPSA) is 55.8 Å². The zero-order valence-corrected chi connectivity index (χ0v) is 15.4. The monoisotopic (exact) mass is 348 g/mol. The molecular weight excluding hydrogens is 323 g/mol. The molecule has 0 heterocycles. The molecule has 4 nitrogen and oxygen atoms in total. The molecule has 0 aliphatic carbocycles. The molecule has 0 aliphatic heterocycles. The van der Waals surface area contributed by atoms with E-state index in [1.54, 1.807) is 24.3 Å². The van der Waals surface area contributed by atoms with Crippen LogP contribution in [0.2, 0.25) is 0 Å². The zero-order valence-electron chi connectivity index (χ0n) is 14.5. The molecule has 1 unspecified atom stereocenters. The molecule has 2 rings (SSSR count). The van der Waals surface area contributed by atoms with E-state index in [1.807, 2.05) is 58.0 Å². The molecule has 2 aromatic rings. The van der Waals surface area contributed by atoms with Crippen molar-refractivity contribution in [3.8, 4) is 5.75 Å². The lowest BCUT2D eigenvalue weighted by Crippen LogP contribution is -2.14. The van der Waals surface area contributed by atoms with E-state index in [0.717, 1.165) is 5.56 Å². The number of phenols is 1. The molecule has 0 aliphatic rings. The first-order valence-corrected chi connectivity index (χ1v) is 9.74. The van der Waals surface area contributed by atoms with Crippen LogP contribution in [0, 0.1) is 0 Å². The maximum atomic E-state index is 13.7. The van der Waals surface area contributed by atoms with E-state index in [2.05, 4.69) is 0 Å². The first kappa shape index (κ1) is 18.7. The van der Waals surface area contributed by atoms with Crippen LogP contribution in [0.4, 0.5) is 0 Å². The summed E-state index contributed by atoms with van der Waals surface area (Å²) in [5, 5.41) is 10.3. The van der Waals surface area contributed by atoms with Gasteiger partial charge >= 0.3 is 7.60 Å². The van der Waals surface area contributed by atoms with E-state index in [-0.39, 0.29) is 18.0 Å². The van der Waals surface area contributed by atoms with Gasteiger partial charge in [-0.15, -0.1) is 0 Å². The molecule has 2 aromatic carbocycles. The average molecular weight is 348 g/mol.